The molecule has 1 N–H and O–H groups in total. The number of amidine groups is 1. The molecule has 2 saturated heterocycles. The summed E-state index contributed by atoms with van der Waals surface area (Å²) in [5.74, 6) is 0.802. The summed E-state index contributed by atoms with van der Waals surface area (Å²) in [6.07, 6.45) is 2.92. The number of para-hydroxylation sites is 1. The van der Waals surface area contributed by atoms with Crippen molar-refractivity contribution in [2.45, 2.75) is 25.3 Å². The molecule has 6 nitrogen and oxygen atoms in total. The molecule has 2 aromatic carbocycles. The fourth-order valence-electron chi connectivity index (χ4n) is 3.87. The Kier molecular flexibility index (Phi) is 5.35. The lowest BCUT2D eigenvalue weighted by atomic mass is 10.1. The van der Waals surface area contributed by atoms with Gasteiger partial charge in [-0.25, -0.2) is 9.98 Å². The fraction of sp³-hybridized carbons (Fsp3) is 0.318. The Morgan fingerprint density at radius 1 is 1.27 bits per heavy atom. The van der Waals surface area contributed by atoms with Gasteiger partial charge in [0.2, 0.25) is 5.12 Å². The molecule has 0 aliphatic carbocycles. The van der Waals surface area contributed by atoms with Crippen LogP contribution in [0.25, 0.3) is 10.2 Å². The van der Waals surface area contributed by atoms with E-state index < -0.39 is 0 Å². The predicted molar refractivity (Wildman–Crippen MR) is 124 cm³/mol. The van der Waals surface area contributed by atoms with Gasteiger partial charge in [0, 0.05) is 13.1 Å². The lowest BCUT2D eigenvalue weighted by Crippen LogP contribution is -2.28. The molecule has 2 aliphatic rings. The minimum Gasteiger partial charge on any atom is -0.494 e. The lowest BCUT2D eigenvalue weighted by molar-refractivity contribution is -0.113. The van der Waals surface area contributed by atoms with Gasteiger partial charge in [-0.1, -0.05) is 29.5 Å². The van der Waals surface area contributed by atoms with E-state index in [9.17, 15) is 4.79 Å². The minimum absolute atomic E-state index is 0.0431. The van der Waals surface area contributed by atoms with Crippen LogP contribution in [0.1, 0.15) is 18.4 Å². The second kappa shape index (κ2) is 8.28. The highest BCUT2D eigenvalue weighted by atomic mass is 32.2. The SMILES string of the molecule is COc1cccc2sc(NCCc3ccc(N=C4SC(=O)[C@@H]5CCCN45)cc3)nc12. The van der Waals surface area contributed by atoms with Crippen LogP contribution in [-0.2, 0) is 11.2 Å². The molecule has 1 aromatic heterocycles. The molecule has 2 fully saturated rings. The molecule has 0 amide bonds. The van der Waals surface area contributed by atoms with Crippen molar-refractivity contribution in [2.24, 2.45) is 4.99 Å². The number of thiazole rings is 1. The maximum absolute atomic E-state index is 12.1. The maximum atomic E-state index is 12.1. The lowest BCUT2D eigenvalue weighted by Gasteiger charge is -2.14. The quantitative estimate of drug-likeness (QED) is 0.603. The first-order valence-corrected chi connectivity index (χ1v) is 11.7. The highest BCUT2D eigenvalue weighted by molar-refractivity contribution is 8.26. The summed E-state index contributed by atoms with van der Waals surface area (Å²) in [5, 5.41) is 5.41. The number of thioether (sulfide) groups is 1. The van der Waals surface area contributed by atoms with Gasteiger partial charge >= 0.3 is 0 Å². The van der Waals surface area contributed by atoms with Crippen LogP contribution in [0.3, 0.4) is 0 Å². The van der Waals surface area contributed by atoms with Crippen molar-refractivity contribution in [1.82, 2.24) is 9.88 Å². The number of nitrogens with one attached hydrogen (secondary N) is 1. The summed E-state index contributed by atoms with van der Waals surface area (Å²) in [4.78, 5) is 23.6. The molecule has 3 heterocycles. The topological polar surface area (TPSA) is 66.8 Å². The van der Waals surface area contributed by atoms with Gasteiger partial charge in [0.05, 0.1) is 17.5 Å². The molecule has 0 spiro atoms. The average molecular weight is 439 g/mol. The van der Waals surface area contributed by atoms with Gasteiger partial charge in [0.25, 0.3) is 0 Å². The van der Waals surface area contributed by atoms with Crippen molar-refractivity contribution < 1.29 is 9.53 Å². The van der Waals surface area contributed by atoms with Crippen molar-refractivity contribution in [3.05, 3.63) is 48.0 Å². The van der Waals surface area contributed by atoms with E-state index in [4.69, 9.17) is 9.73 Å². The number of aliphatic imine (C=N–C) groups is 1. The normalized spacial score (nSPS) is 19.6. The molecule has 0 bridgehead atoms. The Morgan fingerprint density at radius 2 is 2.13 bits per heavy atom. The van der Waals surface area contributed by atoms with Crippen LogP contribution in [0, 0.1) is 0 Å². The standard InChI is InChI=1S/C22H22N4O2S2/c1-28-17-5-2-6-18-19(17)25-21(29-18)23-12-11-14-7-9-15(10-8-14)24-22-26-13-3-4-16(26)20(27)30-22/h2,5-10,16H,3-4,11-13H2,1H3,(H,23,25)/t16-/m0/s1. The van der Waals surface area contributed by atoms with Crippen molar-refractivity contribution in [3.63, 3.8) is 0 Å². The Hall–Kier alpha value is -2.58. The van der Waals surface area contributed by atoms with Crippen molar-refractivity contribution in [1.29, 1.82) is 0 Å². The van der Waals surface area contributed by atoms with Crippen LogP contribution in [0.15, 0.2) is 47.5 Å². The molecular formula is C22H22N4O2S2. The molecule has 2 aliphatic heterocycles. The summed E-state index contributed by atoms with van der Waals surface area (Å²) in [7, 11) is 1.67. The molecule has 0 unspecified atom stereocenters. The van der Waals surface area contributed by atoms with Crippen LogP contribution in [0.5, 0.6) is 5.75 Å². The third kappa shape index (κ3) is 3.77. The van der Waals surface area contributed by atoms with Gasteiger partial charge in [0.1, 0.15) is 17.3 Å². The maximum Gasteiger partial charge on any atom is 0.219 e. The number of carbonyl (C=O) groups excluding carboxylic acids is 1. The number of methoxy groups -OCH3 is 1. The van der Waals surface area contributed by atoms with E-state index >= 15 is 0 Å². The number of nitrogens with zero attached hydrogens (tertiary/aromatic N) is 3. The molecule has 8 heteroatoms. The predicted octanol–water partition coefficient (Wildman–Crippen LogP) is 4.68. The number of rotatable bonds is 6. The number of anilines is 1. The summed E-state index contributed by atoms with van der Waals surface area (Å²) < 4.78 is 6.50. The Morgan fingerprint density at radius 3 is 2.97 bits per heavy atom. The number of fused-ring (bicyclic) bond motifs is 2. The zero-order valence-electron chi connectivity index (χ0n) is 16.6. The minimum atomic E-state index is 0.0431. The first-order valence-electron chi connectivity index (χ1n) is 10.0. The second-order valence-corrected chi connectivity index (χ2v) is 9.34. The molecule has 3 aromatic rings. The molecule has 0 saturated carbocycles. The first kappa shape index (κ1) is 19.4. The van der Waals surface area contributed by atoms with Crippen molar-refractivity contribution >= 4 is 54.4 Å². The van der Waals surface area contributed by atoms with E-state index in [0.717, 1.165) is 64.3 Å². The number of hydrogen-bond donors (Lipinski definition) is 1. The molecular weight excluding hydrogens is 416 g/mol. The van der Waals surface area contributed by atoms with Gasteiger partial charge in [-0.2, -0.15) is 0 Å². The number of ether oxygens (including phenoxy) is 1. The van der Waals surface area contributed by atoms with E-state index in [-0.39, 0.29) is 11.2 Å². The van der Waals surface area contributed by atoms with E-state index in [2.05, 4.69) is 33.4 Å². The summed E-state index contributed by atoms with van der Waals surface area (Å²) in [6.45, 7) is 1.74. The van der Waals surface area contributed by atoms with Gasteiger partial charge in [-0.3, -0.25) is 4.79 Å². The smallest absolute Gasteiger partial charge is 0.219 e. The van der Waals surface area contributed by atoms with Gasteiger partial charge in [0.15, 0.2) is 10.3 Å². The highest BCUT2D eigenvalue weighted by Gasteiger charge is 2.40. The van der Waals surface area contributed by atoms with E-state index in [1.165, 1.54) is 17.3 Å². The summed E-state index contributed by atoms with van der Waals surface area (Å²) >= 11 is 2.92. The highest BCUT2D eigenvalue weighted by Crippen LogP contribution is 2.35. The van der Waals surface area contributed by atoms with E-state index in [1.807, 2.05) is 24.3 Å². The monoisotopic (exact) mass is 438 g/mol. The van der Waals surface area contributed by atoms with Crippen molar-refractivity contribution in [2.75, 3.05) is 25.5 Å². The largest absolute Gasteiger partial charge is 0.494 e. The number of benzene rings is 2. The molecule has 1 atom stereocenters. The van der Waals surface area contributed by atoms with Crippen LogP contribution in [-0.4, -0.2) is 46.4 Å². The zero-order valence-corrected chi connectivity index (χ0v) is 18.3. The van der Waals surface area contributed by atoms with E-state index in [1.54, 1.807) is 18.4 Å². The third-order valence-electron chi connectivity index (χ3n) is 5.42. The van der Waals surface area contributed by atoms with Crippen LogP contribution < -0.4 is 10.1 Å². The molecule has 30 heavy (non-hydrogen) atoms. The zero-order chi connectivity index (χ0) is 20.5. The Balaban J connectivity index is 1.20. The van der Waals surface area contributed by atoms with Crippen LogP contribution in [0.2, 0.25) is 0 Å². The third-order valence-corrected chi connectivity index (χ3v) is 7.38. The molecule has 154 valence electrons. The molecule has 5 rings (SSSR count). The first-order chi connectivity index (χ1) is 14.7. The van der Waals surface area contributed by atoms with E-state index in [0.29, 0.717) is 0 Å². The number of hydrogen-bond acceptors (Lipinski definition) is 7. The van der Waals surface area contributed by atoms with Crippen LogP contribution in [0.4, 0.5) is 10.8 Å². The van der Waals surface area contributed by atoms with Crippen molar-refractivity contribution in [3.8, 4) is 5.75 Å². The van der Waals surface area contributed by atoms with Gasteiger partial charge in [-0.15, -0.1) is 0 Å². The van der Waals surface area contributed by atoms with Gasteiger partial charge < -0.3 is 15.0 Å². The molecule has 0 radical (unpaired) electrons. The Labute approximate surface area is 183 Å². The number of aromatic nitrogens is 1. The van der Waals surface area contributed by atoms with Crippen LogP contribution >= 0.6 is 23.1 Å². The van der Waals surface area contributed by atoms with Gasteiger partial charge in [-0.05, 0) is 60.9 Å². The Bertz CT molecular complexity index is 1110. The summed E-state index contributed by atoms with van der Waals surface area (Å²) in [5.41, 5.74) is 3.03. The second-order valence-electron chi connectivity index (χ2n) is 7.34. The average Bonchev–Trinajstić information content (AvgIpc) is 3.46. The number of carbonyl (C=O) groups is 1. The fourth-order valence-corrected chi connectivity index (χ4v) is 5.83. The summed E-state index contributed by atoms with van der Waals surface area (Å²) in [6, 6.07) is 14.3.